The molecule has 1 aromatic heterocycles. The van der Waals surface area contributed by atoms with E-state index in [0.717, 1.165) is 19.3 Å². The van der Waals surface area contributed by atoms with Gasteiger partial charge in [0.1, 0.15) is 0 Å². The lowest BCUT2D eigenvalue weighted by Gasteiger charge is -2.51. The Morgan fingerprint density at radius 2 is 1.13 bits per heavy atom. The summed E-state index contributed by atoms with van der Waals surface area (Å²) in [6, 6.07) is 54.8. The molecule has 0 bridgehead atoms. The highest BCUT2D eigenvalue weighted by molar-refractivity contribution is 6.94. The van der Waals surface area contributed by atoms with Crippen molar-refractivity contribution in [2.75, 3.05) is 9.71 Å². The minimum absolute atomic E-state index is 0.00121. The summed E-state index contributed by atoms with van der Waals surface area (Å²) in [5.74, 6) is 0. The molecule has 6 aliphatic rings. The molecule has 1 fully saturated rings. The Morgan fingerprint density at radius 3 is 1.90 bits per heavy atom. The number of unbranched alkanes of at least 4 members (excludes halogenated alkanes) is 4. The third kappa shape index (κ3) is 6.73. The van der Waals surface area contributed by atoms with E-state index in [1.165, 1.54) is 193 Å². The first-order valence-corrected chi connectivity index (χ1v) is 30.9. The molecular formula is C75H80BN3. The predicted octanol–water partition coefficient (Wildman–Crippen LogP) is 19.0. The van der Waals surface area contributed by atoms with E-state index < -0.39 is 0 Å². The number of anilines is 4. The Morgan fingerprint density at radius 1 is 0.481 bits per heavy atom. The van der Waals surface area contributed by atoms with Crippen LogP contribution >= 0.6 is 0 Å². The lowest BCUT2D eigenvalue weighted by Crippen LogP contribution is -2.61. The van der Waals surface area contributed by atoms with Crippen LogP contribution in [0.3, 0.4) is 0 Å². The second-order valence-corrected chi connectivity index (χ2v) is 27.8. The van der Waals surface area contributed by atoms with Crippen molar-refractivity contribution in [1.29, 1.82) is 0 Å². The van der Waals surface area contributed by atoms with Gasteiger partial charge in [0.2, 0.25) is 0 Å². The van der Waals surface area contributed by atoms with E-state index in [-0.39, 0.29) is 34.0 Å². The molecule has 0 radical (unpaired) electrons. The number of para-hydroxylation sites is 1. The third-order valence-corrected chi connectivity index (χ3v) is 22.0. The summed E-state index contributed by atoms with van der Waals surface area (Å²) in [6.07, 6.45) is 16.9. The molecule has 2 atom stereocenters. The fraction of sp³-hybridized carbons (Fsp3) is 0.387. The van der Waals surface area contributed by atoms with Crippen molar-refractivity contribution < 1.29 is 0 Å². The van der Waals surface area contributed by atoms with Crippen molar-refractivity contribution in [1.82, 2.24) is 4.57 Å². The lowest BCUT2D eigenvalue weighted by molar-refractivity contribution is 0.195. The first kappa shape index (κ1) is 49.5. The van der Waals surface area contributed by atoms with Crippen LogP contribution in [0.1, 0.15) is 185 Å². The van der Waals surface area contributed by atoms with E-state index in [0.29, 0.717) is 0 Å². The smallest absolute Gasteiger partial charge is 0.333 e. The molecule has 9 aromatic rings. The molecule has 8 aromatic carbocycles. The maximum atomic E-state index is 2.91. The number of fused-ring (bicyclic) bond motifs is 17. The predicted molar refractivity (Wildman–Crippen MR) is 339 cm³/mol. The maximum Gasteiger partial charge on any atom is 0.333 e. The molecule has 398 valence electrons. The maximum absolute atomic E-state index is 2.91. The molecule has 0 amide bonds. The van der Waals surface area contributed by atoms with Gasteiger partial charge in [0, 0.05) is 49.9 Å². The van der Waals surface area contributed by atoms with Gasteiger partial charge in [-0.3, -0.25) is 0 Å². The van der Waals surface area contributed by atoms with E-state index in [1.54, 1.807) is 11.1 Å². The Kier molecular flexibility index (Phi) is 10.8. The van der Waals surface area contributed by atoms with Crippen LogP contribution in [-0.2, 0) is 34.5 Å². The number of nitrogens with zero attached hydrogens (tertiary/aromatic N) is 3. The zero-order valence-corrected chi connectivity index (χ0v) is 49.0. The van der Waals surface area contributed by atoms with Gasteiger partial charge >= 0.3 is 6.85 Å². The van der Waals surface area contributed by atoms with Crippen molar-refractivity contribution in [2.45, 2.75) is 186 Å². The van der Waals surface area contributed by atoms with Crippen LogP contribution in [0.5, 0.6) is 0 Å². The number of rotatable bonds is 10. The minimum Gasteiger partial charge on any atom is -0.376 e. The zero-order chi connectivity index (χ0) is 54.1. The monoisotopic (exact) mass is 1030 g/mol. The van der Waals surface area contributed by atoms with Gasteiger partial charge in [-0.1, -0.05) is 180 Å². The van der Waals surface area contributed by atoms with Gasteiger partial charge in [-0.15, -0.1) is 0 Å². The summed E-state index contributed by atoms with van der Waals surface area (Å²) >= 11 is 0. The van der Waals surface area contributed by atoms with Gasteiger partial charge < -0.3 is 14.3 Å². The summed E-state index contributed by atoms with van der Waals surface area (Å²) in [7, 11) is 0. The van der Waals surface area contributed by atoms with Gasteiger partial charge in [-0.05, 0) is 201 Å². The van der Waals surface area contributed by atoms with Crippen molar-refractivity contribution >= 4 is 73.1 Å². The van der Waals surface area contributed by atoms with Crippen LogP contribution in [0.15, 0.2) is 133 Å². The first-order valence-electron chi connectivity index (χ1n) is 30.9. The lowest BCUT2D eigenvalue weighted by atomic mass is 9.43. The third-order valence-electron chi connectivity index (χ3n) is 22.0. The van der Waals surface area contributed by atoms with Crippen molar-refractivity contribution in [3.8, 4) is 27.9 Å². The highest BCUT2D eigenvalue weighted by Crippen LogP contribution is 2.64. The van der Waals surface area contributed by atoms with Crippen LogP contribution in [0.25, 0.3) is 60.5 Å². The molecule has 2 unspecified atom stereocenters. The highest BCUT2D eigenvalue weighted by Gasteiger charge is 2.59. The van der Waals surface area contributed by atoms with E-state index in [2.05, 4.69) is 217 Å². The number of aryl methyl sites for hydroxylation is 2. The Bertz CT molecular complexity index is 4030. The molecule has 79 heavy (non-hydrogen) atoms. The normalized spacial score (nSPS) is 21.2. The molecule has 3 nitrogen and oxygen atoms in total. The number of benzene rings is 8. The Labute approximate surface area is 471 Å². The molecule has 15 rings (SSSR count). The van der Waals surface area contributed by atoms with Crippen molar-refractivity contribution in [3.05, 3.63) is 172 Å². The Hall–Kier alpha value is -6.52. The van der Waals surface area contributed by atoms with Crippen LogP contribution < -0.4 is 20.6 Å². The van der Waals surface area contributed by atoms with E-state index in [1.807, 2.05) is 0 Å². The molecule has 0 saturated heterocycles. The number of hydrogen-bond donors (Lipinski definition) is 0. The van der Waals surface area contributed by atoms with Crippen LogP contribution in [0.4, 0.5) is 22.7 Å². The summed E-state index contributed by atoms with van der Waals surface area (Å²) < 4.78 is 2.76. The first-order chi connectivity index (χ1) is 38.1. The van der Waals surface area contributed by atoms with Gasteiger partial charge in [-0.2, -0.15) is 0 Å². The molecule has 4 heteroatoms. The van der Waals surface area contributed by atoms with Crippen molar-refractivity contribution in [2.24, 2.45) is 0 Å². The molecule has 1 saturated carbocycles. The number of hydrogen-bond acceptors (Lipinski definition) is 2. The second kappa shape index (κ2) is 17.3. The summed E-state index contributed by atoms with van der Waals surface area (Å²) in [4.78, 5) is 5.75. The van der Waals surface area contributed by atoms with Gasteiger partial charge in [0.25, 0.3) is 0 Å². The SMILES string of the molecule is CCCCCc1ccc(N2B3c4cc(CCCCC)ccc4-n4c5ccc6ccccc6c5c5c(N6c7ccccc7C7(C)CCCCC67C)cc(c3c54)-c3cc4c(cc32)-c2cc3c(cc2C4(C)C)C(C)(C)CCC3(C)C)cc1. The average Bonchev–Trinajstić information content (AvgIpc) is 3.78. The summed E-state index contributed by atoms with van der Waals surface area (Å²) in [5.41, 5.74) is 28.2. The fourth-order valence-electron chi connectivity index (χ4n) is 17.2. The molecule has 0 spiro atoms. The standard InChI is InChI=1S/C75H80BN3/c1-11-13-15-23-47-29-33-50(34-30-47)79-65-44-53-52-42-59-60(72(5,6)40-39-71(59,3)4)46-58(52)73(7,8)57(53)43-54(65)55-45-66(78-62-28-20-19-27-56(62)74(9)37-21-22-38-75(74,78)10)68-67-51-26-18-17-25-49(51)32-36-64(67)77-63-35-31-48(24-16-14-12-2)41-61(63)76(79)69(55)70(68)77/h17-20,25-36,41-46H,11-16,21-24,37-40H2,1-10H3. The van der Waals surface area contributed by atoms with Gasteiger partial charge in [-0.25, -0.2) is 0 Å². The van der Waals surface area contributed by atoms with E-state index >= 15 is 0 Å². The molecule has 0 N–H and O–H groups in total. The summed E-state index contributed by atoms with van der Waals surface area (Å²) in [5, 5.41) is 5.42. The van der Waals surface area contributed by atoms with Crippen LogP contribution in [0.2, 0.25) is 0 Å². The highest BCUT2D eigenvalue weighted by atomic mass is 15.3. The second-order valence-electron chi connectivity index (χ2n) is 27.8. The van der Waals surface area contributed by atoms with E-state index in [9.17, 15) is 0 Å². The Balaban J connectivity index is 1.10. The average molecular weight is 1030 g/mol. The van der Waals surface area contributed by atoms with Gasteiger partial charge in [0.15, 0.2) is 0 Å². The summed E-state index contributed by atoms with van der Waals surface area (Å²) in [6.45, 7) is 24.9. The quantitative estimate of drug-likeness (QED) is 0.0999. The van der Waals surface area contributed by atoms with Crippen molar-refractivity contribution in [3.63, 3.8) is 0 Å². The number of aromatic nitrogens is 1. The molecule has 4 heterocycles. The van der Waals surface area contributed by atoms with Gasteiger partial charge in [0.05, 0.1) is 22.3 Å². The van der Waals surface area contributed by atoms with Crippen LogP contribution in [-0.4, -0.2) is 17.0 Å². The fourth-order valence-corrected chi connectivity index (χ4v) is 17.2. The minimum atomic E-state index is -0.197. The zero-order valence-electron chi connectivity index (χ0n) is 49.0. The topological polar surface area (TPSA) is 11.4 Å². The molecule has 3 aliphatic carbocycles. The van der Waals surface area contributed by atoms with E-state index in [4.69, 9.17) is 0 Å². The molecule has 3 aliphatic heterocycles. The van der Waals surface area contributed by atoms with Crippen LogP contribution in [0, 0.1) is 0 Å². The largest absolute Gasteiger partial charge is 0.376 e. The molecular weight excluding hydrogens is 954 g/mol.